The van der Waals surface area contributed by atoms with Crippen molar-refractivity contribution in [1.29, 1.82) is 0 Å². The van der Waals surface area contributed by atoms with Crippen LogP contribution in [0, 0.1) is 13.8 Å². The van der Waals surface area contributed by atoms with Crippen molar-refractivity contribution >= 4 is 34.6 Å². The monoisotopic (exact) mass is 339 g/mol. The van der Waals surface area contributed by atoms with Crippen LogP contribution in [0.1, 0.15) is 37.4 Å². The Kier molecular flexibility index (Phi) is 5.62. The van der Waals surface area contributed by atoms with Crippen molar-refractivity contribution in [3.05, 3.63) is 31.7 Å². The minimum absolute atomic E-state index is 0.0143. The van der Waals surface area contributed by atoms with Gasteiger partial charge in [-0.05, 0) is 20.3 Å². The van der Waals surface area contributed by atoms with Gasteiger partial charge in [0.2, 0.25) is 5.91 Å². The molecule has 0 fully saturated rings. The third kappa shape index (κ3) is 4.35. The number of nitrogens with zero attached hydrogens (tertiary/aromatic N) is 2. The molecule has 0 saturated heterocycles. The molecule has 2 N–H and O–H groups in total. The van der Waals surface area contributed by atoms with Crippen molar-refractivity contribution in [2.45, 2.75) is 33.1 Å². The molecule has 0 saturated carbocycles. The lowest BCUT2D eigenvalue weighted by molar-refractivity contribution is -0.121. The summed E-state index contributed by atoms with van der Waals surface area (Å²) in [5.41, 5.74) is 3.30. The third-order valence-electron chi connectivity index (χ3n) is 3.12. The largest absolute Gasteiger partial charge is 0.477 e. The molecule has 0 spiro atoms. The van der Waals surface area contributed by atoms with Gasteiger partial charge in [0.25, 0.3) is 0 Å². The number of rotatable bonds is 7. The molecule has 2 heterocycles. The molecule has 2 rings (SSSR count). The lowest BCUT2D eigenvalue weighted by atomic mass is 10.2. The Hall–Kier alpha value is -1.80. The summed E-state index contributed by atoms with van der Waals surface area (Å²) in [5, 5.41) is 12.5. The van der Waals surface area contributed by atoms with Crippen molar-refractivity contribution in [3.63, 3.8) is 0 Å². The van der Waals surface area contributed by atoms with E-state index in [1.165, 1.54) is 0 Å². The van der Waals surface area contributed by atoms with Gasteiger partial charge in [0.1, 0.15) is 4.88 Å². The second-order valence-corrected chi connectivity index (χ2v) is 6.81. The maximum atomic E-state index is 11.8. The van der Waals surface area contributed by atoms with E-state index in [4.69, 9.17) is 5.11 Å². The lowest BCUT2D eigenvalue weighted by Gasteiger charge is -2.03. The molecule has 0 aliphatic rings. The van der Waals surface area contributed by atoms with E-state index in [1.807, 2.05) is 6.92 Å². The van der Waals surface area contributed by atoms with Crippen LogP contribution in [0.15, 0.2) is 5.51 Å². The topological polar surface area (TPSA) is 92.2 Å². The molecule has 1 amide bonds. The fourth-order valence-electron chi connectivity index (χ4n) is 1.95. The van der Waals surface area contributed by atoms with Crippen LogP contribution in [0.3, 0.4) is 0 Å². The normalized spacial score (nSPS) is 10.6. The van der Waals surface area contributed by atoms with Crippen LogP contribution in [0.4, 0.5) is 0 Å². The summed E-state index contributed by atoms with van der Waals surface area (Å²) in [5.74, 6) is -0.968. The van der Waals surface area contributed by atoms with Gasteiger partial charge in [-0.3, -0.25) is 4.79 Å². The Morgan fingerprint density at radius 3 is 2.64 bits per heavy atom. The maximum Gasteiger partial charge on any atom is 0.347 e. The summed E-state index contributed by atoms with van der Waals surface area (Å²) < 4.78 is 0. The van der Waals surface area contributed by atoms with Crippen molar-refractivity contribution in [2.24, 2.45) is 0 Å². The number of nitrogens with one attached hydrogen (secondary N) is 1. The number of carbonyl (C=O) groups excluding carboxylic acids is 1. The number of carbonyl (C=O) groups is 2. The van der Waals surface area contributed by atoms with E-state index >= 15 is 0 Å². The number of aromatic carboxylic acids is 1. The van der Waals surface area contributed by atoms with Gasteiger partial charge < -0.3 is 10.4 Å². The minimum Gasteiger partial charge on any atom is -0.477 e. The summed E-state index contributed by atoms with van der Waals surface area (Å²) in [6, 6.07) is 0. The highest BCUT2D eigenvalue weighted by molar-refractivity contribution is 7.13. The van der Waals surface area contributed by atoms with Crippen LogP contribution >= 0.6 is 22.7 Å². The van der Waals surface area contributed by atoms with Crippen LogP contribution in [0.5, 0.6) is 0 Å². The molecule has 6 nitrogen and oxygen atoms in total. The Morgan fingerprint density at radius 1 is 1.27 bits per heavy atom. The van der Waals surface area contributed by atoms with E-state index in [0.29, 0.717) is 31.5 Å². The van der Waals surface area contributed by atoms with Crippen molar-refractivity contribution in [2.75, 3.05) is 6.54 Å². The molecule has 8 heteroatoms. The molecule has 2 aromatic heterocycles. The van der Waals surface area contributed by atoms with Crippen LogP contribution in [-0.4, -0.2) is 33.5 Å². The highest BCUT2D eigenvalue weighted by Crippen LogP contribution is 2.18. The van der Waals surface area contributed by atoms with E-state index in [9.17, 15) is 9.59 Å². The highest BCUT2D eigenvalue weighted by atomic mass is 32.1. The third-order valence-corrected chi connectivity index (χ3v) is 5.32. The zero-order chi connectivity index (χ0) is 16.1. The Balaban J connectivity index is 1.74. The highest BCUT2D eigenvalue weighted by Gasteiger charge is 2.13. The molecule has 0 unspecified atom stereocenters. The average Bonchev–Trinajstić information content (AvgIpc) is 3.02. The molecule has 0 atom stereocenters. The van der Waals surface area contributed by atoms with Gasteiger partial charge in [-0.1, -0.05) is 0 Å². The molecule has 118 valence electrons. The van der Waals surface area contributed by atoms with Gasteiger partial charge in [0, 0.05) is 24.3 Å². The van der Waals surface area contributed by atoms with E-state index in [0.717, 1.165) is 26.9 Å². The number of amides is 1. The zero-order valence-electron chi connectivity index (χ0n) is 12.4. The molecule has 2 aromatic rings. The summed E-state index contributed by atoms with van der Waals surface area (Å²) in [7, 11) is 0. The van der Waals surface area contributed by atoms with Gasteiger partial charge in [0.15, 0.2) is 0 Å². The van der Waals surface area contributed by atoms with Crippen molar-refractivity contribution in [1.82, 2.24) is 15.3 Å². The first kappa shape index (κ1) is 16.6. The smallest absolute Gasteiger partial charge is 0.347 e. The fraction of sp³-hybridized carbons (Fsp3) is 0.429. The van der Waals surface area contributed by atoms with Gasteiger partial charge >= 0.3 is 5.97 Å². The standard InChI is InChI=1S/C14H17N3O3S2/c1-8-10(21-7-16-8)3-4-11(18)15-6-5-12-17-9(2)13(22-12)14(19)20/h7H,3-6H2,1-2H3,(H,15,18)(H,19,20). The molecule has 22 heavy (non-hydrogen) atoms. The molecule has 0 aliphatic heterocycles. The molecule has 0 radical (unpaired) electrons. The van der Waals surface area contributed by atoms with Crippen LogP contribution in [-0.2, 0) is 17.6 Å². The van der Waals surface area contributed by atoms with E-state index in [2.05, 4.69) is 15.3 Å². The summed E-state index contributed by atoms with van der Waals surface area (Å²) >= 11 is 2.73. The SMILES string of the molecule is Cc1ncsc1CCC(=O)NCCc1nc(C)c(C(=O)O)s1. The number of aryl methyl sites for hydroxylation is 3. The fourth-order valence-corrected chi connectivity index (χ4v) is 3.63. The Labute approximate surface area is 136 Å². The molecular weight excluding hydrogens is 322 g/mol. The Morgan fingerprint density at radius 2 is 2.05 bits per heavy atom. The molecule has 0 aromatic carbocycles. The number of thiazole rings is 2. The average molecular weight is 339 g/mol. The Bertz CT molecular complexity index is 679. The van der Waals surface area contributed by atoms with E-state index in [1.54, 1.807) is 23.8 Å². The number of hydrogen-bond acceptors (Lipinski definition) is 6. The second-order valence-electron chi connectivity index (χ2n) is 4.79. The number of carboxylic acid groups (broad SMARTS) is 1. The van der Waals surface area contributed by atoms with Gasteiger partial charge in [-0.2, -0.15) is 0 Å². The summed E-state index contributed by atoms with van der Waals surface area (Å²) in [4.78, 5) is 32.5. The van der Waals surface area contributed by atoms with Crippen molar-refractivity contribution < 1.29 is 14.7 Å². The molecular formula is C14H17N3O3S2. The molecule has 0 aliphatic carbocycles. The first-order valence-corrected chi connectivity index (χ1v) is 8.52. The lowest BCUT2D eigenvalue weighted by Crippen LogP contribution is -2.25. The van der Waals surface area contributed by atoms with Crippen LogP contribution in [0.2, 0.25) is 0 Å². The van der Waals surface area contributed by atoms with Gasteiger partial charge in [-0.25, -0.2) is 14.8 Å². The number of carboxylic acids is 1. The maximum absolute atomic E-state index is 11.8. The first-order valence-electron chi connectivity index (χ1n) is 6.82. The van der Waals surface area contributed by atoms with Crippen molar-refractivity contribution in [3.8, 4) is 0 Å². The van der Waals surface area contributed by atoms with Gasteiger partial charge in [0.05, 0.1) is 21.9 Å². The number of hydrogen-bond donors (Lipinski definition) is 2. The second kappa shape index (κ2) is 7.46. The van der Waals surface area contributed by atoms with Crippen LogP contribution < -0.4 is 5.32 Å². The zero-order valence-corrected chi connectivity index (χ0v) is 14.0. The van der Waals surface area contributed by atoms with E-state index < -0.39 is 5.97 Å². The first-order chi connectivity index (χ1) is 10.5. The molecule has 0 bridgehead atoms. The quantitative estimate of drug-likeness (QED) is 0.807. The predicted octanol–water partition coefficient (Wildman–Crippen LogP) is 2.21. The summed E-state index contributed by atoms with van der Waals surface area (Å²) in [6.45, 7) is 4.08. The predicted molar refractivity (Wildman–Crippen MR) is 85.7 cm³/mol. The van der Waals surface area contributed by atoms with E-state index in [-0.39, 0.29) is 10.8 Å². The van der Waals surface area contributed by atoms with Crippen LogP contribution in [0.25, 0.3) is 0 Å². The number of aromatic nitrogens is 2. The minimum atomic E-state index is -0.954. The summed E-state index contributed by atoms with van der Waals surface area (Å²) in [6.07, 6.45) is 1.67. The van der Waals surface area contributed by atoms with Gasteiger partial charge in [-0.15, -0.1) is 22.7 Å².